The molecule has 0 radical (unpaired) electrons. The van der Waals surface area contributed by atoms with E-state index in [1.807, 2.05) is 32.6 Å². The van der Waals surface area contributed by atoms with Crippen molar-refractivity contribution in [2.75, 3.05) is 30.8 Å². The summed E-state index contributed by atoms with van der Waals surface area (Å²) in [5.41, 5.74) is 1.12. The fourth-order valence-corrected chi connectivity index (χ4v) is 5.95. The van der Waals surface area contributed by atoms with Crippen molar-refractivity contribution in [1.29, 1.82) is 0 Å². The minimum atomic E-state index is -0.767. The summed E-state index contributed by atoms with van der Waals surface area (Å²) in [6, 6.07) is 2.79. The monoisotopic (exact) mass is 591 g/mol. The van der Waals surface area contributed by atoms with E-state index in [1.165, 1.54) is 34.7 Å². The summed E-state index contributed by atoms with van der Waals surface area (Å²) in [5, 5.41) is 0.282. The Hall–Kier alpha value is -4.19. The summed E-state index contributed by atoms with van der Waals surface area (Å²) in [5.74, 6) is -1.50. The predicted octanol–water partition coefficient (Wildman–Crippen LogP) is 4.89. The molecule has 0 aromatic carbocycles. The van der Waals surface area contributed by atoms with Gasteiger partial charge in [-0.1, -0.05) is 20.4 Å². The summed E-state index contributed by atoms with van der Waals surface area (Å²) in [6.45, 7) is 12.3. The maximum absolute atomic E-state index is 16.0. The summed E-state index contributed by atoms with van der Waals surface area (Å²) >= 11 is 1.21. The lowest BCUT2D eigenvalue weighted by Crippen LogP contribution is -2.54. The summed E-state index contributed by atoms with van der Waals surface area (Å²) in [4.78, 5) is 47.7. The van der Waals surface area contributed by atoms with Crippen LogP contribution in [0, 0.1) is 18.6 Å². The first kappa shape index (κ1) is 29.3. The molecule has 4 aromatic rings. The van der Waals surface area contributed by atoms with Crippen molar-refractivity contribution in [2.45, 2.75) is 44.6 Å². The number of hydrogen-bond acceptors (Lipinski definition) is 8. The van der Waals surface area contributed by atoms with Crippen LogP contribution in [0.1, 0.15) is 37.9 Å². The maximum atomic E-state index is 16.0. The Kier molecular flexibility index (Phi) is 8.09. The van der Waals surface area contributed by atoms with E-state index < -0.39 is 17.3 Å². The summed E-state index contributed by atoms with van der Waals surface area (Å²) in [6.07, 6.45) is 7.14. The second-order valence-electron chi connectivity index (χ2n) is 10.5. The normalized spacial score (nSPS) is 15.5. The number of aryl methyl sites for hydroxylation is 1. The topological polar surface area (TPSA) is 97.1 Å². The number of halogens is 2. The van der Waals surface area contributed by atoms with Crippen LogP contribution in [0.15, 0.2) is 53.1 Å². The molecule has 5 rings (SSSR count). The minimum Gasteiger partial charge on any atom is -0.350 e. The molecule has 1 saturated heterocycles. The highest BCUT2D eigenvalue weighted by molar-refractivity contribution is 7.98. The summed E-state index contributed by atoms with van der Waals surface area (Å²) < 4.78 is 32.5. The number of nitrogens with zero attached hydrogens (tertiary/aromatic N) is 7. The lowest BCUT2D eigenvalue weighted by Gasteiger charge is -2.40. The first-order chi connectivity index (χ1) is 20.1. The van der Waals surface area contributed by atoms with Gasteiger partial charge in [-0.25, -0.2) is 23.1 Å². The van der Waals surface area contributed by atoms with Gasteiger partial charge in [0.15, 0.2) is 17.3 Å². The number of hydrogen-bond donors (Lipinski definition) is 0. The second kappa shape index (κ2) is 11.6. The van der Waals surface area contributed by atoms with Crippen molar-refractivity contribution in [3.63, 3.8) is 0 Å². The van der Waals surface area contributed by atoms with Gasteiger partial charge in [-0.05, 0) is 49.8 Å². The van der Waals surface area contributed by atoms with Crippen LogP contribution in [0.3, 0.4) is 0 Å². The Morgan fingerprint density at radius 2 is 1.95 bits per heavy atom. The number of amides is 1. The molecule has 5 heterocycles. The van der Waals surface area contributed by atoms with Gasteiger partial charge in [0.1, 0.15) is 11.5 Å². The van der Waals surface area contributed by atoms with E-state index in [-0.39, 0.29) is 46.0 Å². The molecule has 0 bridgehead atoms. The van der Waals surface area contributed by atoms with Crippen LogP contribution in [0.2, 0.25) is 0 Å². The molecule has 1 aliphatic heterocycles. The zero-order chi connectivity index (χ0) is 30.3. The standard InChI is InChI=1S/C30H31F2N7O2S/c1-7-23(40)37-10-11-38(18(5)15-37)28-19-12-20(31)26(24-21(32)13-33-14-22(24)42-6)35-29(19)39(30(41)36-28)27-17(4)8-9-34-25(27)16(2)3/h7-9,12-14,16,18H,1,10-11,15H2,2-6H3/t18-/m0/s1. The number of carbonyl (C=O) groups is 1. The fourth-order valence-electron chi connectivity index (χ4n) is 5.39. The van der Waals surface area contributed by atoms with Crippen molar-refractivity contribution in [1.82, 2.24) is 29.4 Å². The van der Waals surface area contributed by atoms with Crippen molar-refractivity contribution in [2.24, 2.45) is 0 Å². The number of pyridine rings is 3. The van der Waals surface area contributed by atoms with E-state index in [4.69, 9.17) is 0 Å². The molecule has 0 unspecified atom stereocenters. The molecule has 0 spiro atoms. The SMILES string of the molecule is C=CC(=O)N1CCN(c2nc(=O)n(-c3c(C)ccnc3C(C)C)c3nc(-c4c(F)cncc4SC)c(F)cc23)[C@@H](C)C1. The van der Waals surface area contributed by atoms with Crippen LogP contribution in [0.25, 0.3) is 28.0 Å². The predicted molar refractivity (Wildman–Crippen MR) is 160 cm³/mol. The molecule has 1 fully saturated rings. The molecule has 0 saturated carbocycles. The quantitative estimate of drug-likeness (QED) is 0.231. The van der Waals surface area contributed by atoms with Crippen LogP contribution in [-0.4, -0.2) is 67.2 Å². The highest BCUT2D eigenvalue weighted by Gasteiger charge is 2.31. The van der Waals surface area contributed by atoms with Crippen molar-refractivity contribution >= 4 is 34.5 Å². The van der Waals surface area contributed by atoms with Gasteiger partial charge in [0.25, 0.3) is 0 Å². The number of anilines is 1. The first-order valence-electron chi connectivity index (χ1n) is 13.5. The molecule has 0 N–H and O–H groups in total. The van der Waals surface area contributed by atoms with Crippen molar-refractivity contribution in [3.8, 4) is 16.9 Å². The van der Waals surface area contributed by atoms with E-state index in [9.17, 15) is 9.59 Å². The number of rotatable bonds is 6. The number of carbonyl (C=O) groups excluding carboxylic acids is 1. The van der Waals surface area contributed by atoms with Gasteiger partial charge in [-0.2, -0.15) is 4.98 Å². The van der Waals surface area contributed by atoms with Crippen molar-refractivity contribution < 1.29 is 13.6 Å². The molecular weight excluding hydrogens is 560 g/mol. The molecule has 1 atom stereocenters. The Labute approximate surface area is 246 Å². The van der Waals surface area contributed by atoms with E-state index >= 15 is 8.78 Å². The molecule has 42 heavy (non-hydrogen) atoms. The molecule has 9 nitrogen and oxygen atoms in total. The summed E-state index contributed by atoms with van der Waals surface area (Å²) in [7, 11) is 0. The van der Waals surface area contributed by atoms with E-state index in [1.54, 1.807) is 23.4 Å². The van der Waals surface area contributed by atoms with Crippen LogP contribution >= 0.6 is 11.8 Å². The number of piperazine rings is 1. The second-order valence-corrected chi connectivity index (χ2v) is 11.3. The van der Waals surface area contributed by atoms with Gasteiger partial charge in [0.2, 0.25) is 5.91 Å². The van der Waals surface area contributed by atoms with E-state index in [2.05, 4.69) is 26.5 Å². The van der Waals surface area contributed by atoms with Gasteiger partial charge < -0.3 is 9.80 Å². The van der Waals surface area contributed by atoms with Gasteiger partial charge in [-0.15, -0.1) is 11.8 Å². The number of aromatic nitrogens is 5. The van der Waals surface area contributed by atoms with Crippen LogP contribution in [0.4, 0.5) is 14.6 Å². The molecule has 0 aliphatic carbocycles. The Morgan fingerprint density at radius 3 is 2.62 bits per heavy atom. The Bertz CT molecular complexity index is 1780. The average molecular weight is 592 g/mol. The third-order valence-electron chi connectivity index (χ3n) is 7.43. The molecule has 1 amide bonds. The van der Waals surface area contributed by atoms with Gasteiger partial charge in [-0.3, -0.25) is 14.8 Å². The highest BCUT2D eigenvalue weighted by Crippen LogP contribution is 2.36. The molecule has 218 valence electrons. The number of fused-ring (bicyclic) bond motifs is 1. The molecule has 12 heteroatoms. The third-order valence-corrected chi connectivity index (χ3v) is 8.18. The highest BCUT2D eigenvalue weighted by atomic mass is 32.2. The molecular formula is C30H31F2N7O2S. The van der Waals surface area contributed by atoms with Crippen molar-refractivity contribution in [3.05, 3.63) is 76.8 Å². The molecule has 1 aliphatic rings. The van der Waals surface area contributed by atoms with Crippen LogP contribution in [-0.2, 0) is 4.79 Å². The average Bonchev–Trinajstić information content (AvgIpc) is 2.96. The third kappa shape index (κ3) is 5.04. The maximum Gasteiger partial charge on any atom is 0.355 e. The Morgan fingerprint density at radius 1 is 1.19 bits per heavy atom. The number of thioether (sulfide) groups is 1. The first-order valence-corrected chi connectivity index (χ1v) is 14.7. The van der Waals surface area contributed by atoms with Gasteiger partial charge in [0.05, 0.1) is 28.5 Å². The van der Waals surface area contributed by atoms with Gasteiger partial charge in [0, 0.05) is 43.0 Å². The largest absolute Gasteiger partial charge is 0.355 e. The zero-order valence-corrected chi connectivity index (χ0v) is 24.9. The van der Waals surface area contributed by atoms with Gasteiger partial charge >= 0.3 is 5.69 Å². The minimum absolute atomic E-state index is 0.0360. The smallest absolute Gasteiger partial charge is 0.350 e. The van der Waals surface area contributed by atoms with E-state index in [0.717, 1.165) is 11.8 Å². The lowest BCUT2D eigenvalue weighted by atomic mass is 10.0. The molecule has 4 aromatic heterocycles. The Balaban J connectivity index is 1.84. The van der Waals surface area contributed by atoms with Crippen LogP contribution < -0.4 is 10.6 Å². The fraction of sp³-hybridized carbons (Fsp3) is 0.333. The zero-order valence-electron chi connectivity index (χ0n) is 24.1. The van der Waals surface area contributed by atoms with E-state index in [0.29, 0.717) is 35.9 Å². The van der Waals surface area contributed by atoms with Crippen LogP contribution in [0.5, 0.6) is 0 Å². The lowest BCUT2D eigenvalue weighted by molar-refractivity contribution is -0.126.